The third kappa shape index (κ3) is 4.81. The summed E-state index contributed by atoms with van der Waals surface area (Å²) in [4.78, 5) is 11.3. The van der Waals surface area contributed by atoms with E-state index in [1.54, 1.807) is 12.1 Å². The van der Waals surface area contributed by atoms with E-state index in [2.05, 4.69) is 5.32 Å². The van der Waals surface area contributed by atoms with E-state index in [0.29, 0.717) is 24.4 Å². The summed E-state index contributed by atoms with van der Waals surface area (Å²) in [6.07, 6.45) is 0.939. The molecule has 0 atom stereocenters. The quantitative estimate of drug-likeness (QED) is 0.747. The van der Waals surface area contributed by atoms with Crippen molar-refractivity contribution in [1.29, 1.82) is 0 Å². The largest absolute Gasteiger partial charge is 0.396 e. The Bertz CT molecular complexity index is 311. The van der Waals surface area contributed by atoms with Crippen molar-refractivity contribution in [3.05, 3.63) is 34.9 Å². The highest BCUT2D eigenvalue weighted by molar-refractivity contribution is 6.30. The topological polar surface area (TPSA) is 49.3 Å². The Hall–Kier alpha value is -1.06. The van der Waals surface area contributed by atoms with Gasteiger partial charge < -0.3 is 10.4 Å². The molecule has 1 aromatic carbocycles. The zero-order chi connectivity index (χ0) is 11.1. The molecule has 3 nitrogen and oxygen atoms in total. The van der Waals surface area contributed by atoms with Gasteiger partial charge in [0.05, 0.1) is 6.42 Å². The average Bonchev–Trinajstić information content (AvgIpc) is 2.22. The monoisotopic (exact) mass is 227 g/mol. The molecular formula is C11H14ClNO2. The van der Waals surface area contributed by atoms with Crippen LogP contribution in [-0.2, 0) is 11.2 Å². The van der Waals surface area contributed by atoms with Gasteiger partial charge in [0.25, 0.3) is 0 Å². The lowest BCUT2D eigenvalue weighted by Gasteiger charge is -2.03. The van der Waals surface area contributed by atoms with Crippen molar-refractivity contribution < 1.29 is 9.90 Å². The van der Waals surface area contributed by atoms with Crippen molar-refractivity contribution in [3.63, 3.8) is 0 Å². The van der Waals surface area contributed by atoms with Crippen molar-refractivity contribution in [2.45, 2.75) is 12.8 Å². The summed E-state index contributed by atoms with van der Waals surface area (Å²) in [6, 6.07) is 7.18. The van der Waals surface area contributed by atoms with Crippen LogP contribution in [0, 0.1) is 0 Å². The number of halogens is 1. The molecule has 0 aliphatic rings. The number of hydrogen-bond acceptors (Lipinski definition) is 2. The van der Waals surface area contributed by atoms with Crippen molar-refractivity contribution in [3.8, 4) is 0 Å². The lowest BCUT2D eigenvalue weighted by molar-refractivity contribution is -0.120. The van der Waals surface area contributed by atoms with Gasteiger partial charge in [-0.05, 0) is 24.1 Å². The molecular weight excluding hydrogens is 214 g/mol. The van der Waals surface area contributed by atoms with Gasteiger partial charge in [0, 0.05) is 18.2 Å². The van der Waals surface area contributed by atoms with Crippen molar-refractivity contribution in [1.82, 2.24) is 5.32 Å². The van der Waals surface area contributed by atoms with E-state index in [4.69, 9.17) is 16.7 Å². The minimum Gasteiger partial charge on any atom is -0.396 e. The Morgan fingerprint density at radius 1 is 1.33 bits per heavy atom. The molecule has 2 N–H and O–H groups in total. The second-order valence-electron chi connectivity index (χ2n) is 3.23. The zero-order valence-corrected chi connectivity index (χ0v) is 9.13. The maximum atomic E-state index is 11.3. The van der Waals surface area contributed by atoms with Gasteiger partial charge >= 0.3 is 0 Å². The van der Waals surface area contributed by atoms with Crippen LogP contribution in [0.5, 0.6) is 0 Å². The Morgan fingerprint density at radius 3 is 2.60 bits per heavy atom. The molecule has 0 heterocycles. The minimum absolute atomic E-state index is 0.0363. The highest BCUT2D eigenvalue weighted by Gasteiger charge is 2.01. The van der Waals surface area contributed by atoms with Crippen LogP contribution in [0.25, 0.3) is 0 Å². The first-order chi connectivity index (χ1) is 7.22. The lowest BCUT2D eigenvalue weighted by atomic mass is 10.1. The molecule has 0 aromatic heterocycles. The summed E-state index contributed by atoms with van der Waals surface area (Å²) < 4.78 is 0. The Balaban J connectivity index is 2.34. The maximum Gasteiger partial charge on any atom is 0.224 e. The van der Waals surface area contributed by atoms with Crippen LogP contribution in [0.2, 0.25) is 5.02 Å². The van der Waals surface area contributed by atoms with Crippen molar-refractivity contribution in [2.24, 2.45) is 0 Å². The summed E-state index contributed by atoms with van der Waals surface area (Å²) in [7, 11) is 0. The molecule has 0 bridgehead atoms. The van der Waals surface area contributed by atoms with E-state index < -0.39 is 0 Å². The van der Waals surface area contributed by atoms with E-state index in [0.717, 1.165) is 5.56 Å². The summed E-state index contributed by atoms with van der Waals surface area (Å²) in [5, 5.41) is 11.9. The van der Waals surface area contributed by atoms with E-state index in [-0.39, 0.29) is 12.5 Å². The predicted molar refractivity (Wildman–Crippen MR) is 59.9 cm³/mol. The third-order valence-corrected chi connectivity index (χ3v) is 2.19. The fourth-order valence-electron chi connectivity index (χ4n) is 1.16. The molecule has 0 aliphatic carbocycles. The molecule has 0 saturated heterocycles. The molecule has 82 valence electrons. The molecule has 1 rings (SSSR count). The summed E-state index contributed by atoms with van der Waals surface area (Å²) in [5.74, 6) is -0.0363. The van der Waals surface area contributed by atoms with Crippen LogP contribution in [0.4, 0.5) is 0 Å². The number of carbonyl (C=O) groups excluding carboxylic acids is 1. The number of aliphatic hydroxyl groups is 1. The average molecular weight is 228 g/mol. The van der Waals surface area contributed by atoms with Crippen molar-refractivity contribution in [2.75, 3.05) is 13.2 Å². The molecule has 0 unspecified atom stereocenters. The van der Waals surface area contributed by atoms with Crippen LogP contribution < -0.4 is 5.32 Å². The number of benzene rings is 1. The summed E-state index contributed by atoms with van der Waals surface area (Å²) in [5.41, 5.74) is 0.931. The number of rotatable bonds is 5. The molecule has 0 spiro atoms. The maximum absolute atomic E-state index is 11.3. The standard InChI is InChI=1S/C11H14ClNO2/c12-10-4-2-9(3-5-10)8-11(15)13-6-1-7-14/h2-5,14H,1,6-8H2,(H,13,15). The molecule has 4 heteroatoms. The van der Waals surface area contributed by atoms with Gasteiger partial charge in [-0.1, -0.05) is 23.7 Å². The molecule has 0 fully saturated rings. The molecule has 0 aliphatic heterocycles. The SMILES string of the molecule is O=C(Cc1ccc(Cl)cc1)NCCCO. The first-order valence-corrected chi connectivity index (χ1v) is 5.22. The fourth-order valence-corrected chi connectivity index (χ4v) is 1.28. The van der Waals surface area contributed by atoms with Crippen LogP contribution >= 0.6 is 11.6 Å². The zero-order valence-electron chi connectivity index (χ0n) is 8.37. The van der Waals surface area contributed by atoms with E-state index in [1.165, 1.54) is 0 Å². The molecule has 0 radical (unpaired) electrons. The molecule has 1 amide bonds. The van der Waals surface area contributed by atoms with Crippen LogP contribution in [0.3, 0.4) is 0 Å². The van der Waals surface area contributed by atoms with Crippen LogP contribution in [0.15, 0.2) is 24.3 Å². The Morgan fingerprint density at radius 2 is 2.00 bits per heavy atom. The highest BCUT2D eigenvalue weighted by atomic mass is 35.5. The van der Waals surface area contributed by atoms with Crippen LogP contribution in [-0.4, -0.2) is 24.2 Å². The van der Waals surface area contributed by atoms with E-state index in [1.807, 2.05) is 12.1 Å². The van der Waals surface area contributed by atoms with Gasteiger partial charge in [-0.3, -0.25) is 4.79 Å². The summed E-state index contributed by atoms with van der Waals surface area (Å²) >= 11 is 5.72. The van der Waals surface area contributed by atoms with E-state index >= 15 is 0 Å². The van der Waals surface area contributed by atoms with E-state index in [9.17, 15) is 4.79 Å². The number of aliphatic hydroxyl groups excluding tert-OH is 1. The van der Waals surface area contributed by atoms with Crippen LogP contribution in [0.1, 0.15) is 12.0 Å². The second kappa shape index (κ2) is 6.43. The number of amides is 1. The second-order valence-corrected chi connectivity index (χ2v) is 3.67. The summed E-state index contributed by atoms with van der Waals surface area (Å²) in [6.45, 7) is 0.615. The lowest BCUT2D eigenvalue weighted by Crippen LogP contribution is -2.26. The fraction of sp³-hybridized carbons (Fsp3) is 0.364. The van der Waals surface area contributed by atoms with Gasteiger partial charge in [-0.25, -0.2) is 0 Å². The van der Waals surface area contributed by atoms with Gasteiger partial charge in [0.1, 0.15) is 0 Å². The molecule has 15 heavy (non-hydrogen) atoms. The number of hydrogen-bond donors (Lipinski definition) is 2. The molecule has 1 aromatic rings. The van der Waals surface area contributed by atoms with Gasteiger partial charge in [-0.15, -0.1) is 0 Å². The first kappa shape index (κ1) is 12.0. The molecule has 0 saturated carbocycles. The van der Waals surface area contributed by atoms with Gasteiger partial charge in [0.2, 0.25) is 5.91 Å². The Labute approximate surface area is 94.1 Å². The smallest absolute Gasteiger partial charge is 0.224 e. The van der Waals surface area contributed by atoms with Crippen molar-refractivity contribution >= 4 is 17.5 Å². The number of carbonyl (C=O) groups is 1. The predicted octanol–water partition coefficient (Wildman–Crippen LogP) is 1.38. The first-order valence-electron chi connectivity index (χ1n) is 4.84. The third-order valence-electron chi connectivity index (χ3n) is 1.93. The number of nitrogens with one attached hydrogen (secondary N) is 1. The van der Waals surface area contributed by atoms with Gasteiger partial charge in [0.15, 0.2) is 0 Å². The minimum atomic E-state index is -0.0363. The highest BCUT2D eigenvalue weighted by Crippen LogP contribution is 2.09. The normalized spacial score (nSPS) is 10.0. The Kier molecular flexibility index (Phi) is 5.15. The van der Waals surface area contributed by atoms with Gasteiger partial charge in [-0.2, -0.15) is 0 Å².